The van der Waals surface area contributed by atoms with Crippen molar-refractivity contribution in [3.05, 3.63) is 47.7 Å². The van der Waals surface area contributed by atoms with Crippen LogP contribution in [0, 0.1) is 0 Å². The van der Waals surface area contributed by atoms with E-state index in [1.807, 2.05) is 18.2 Å². The molecule has 0 bridgehead atoms. The Bertz CT molecular complexity index is 874. The summed E-state index contributed by atoms with van der Waals surface area (Å²) in [5.74, 6) is 5.91. The van der Waals surface area contributed by atoms with E-state index in [1.54, 1.807) is 12.3 Å². The minimum absolute atomic E-state index is 0.147. The molecule has 0 atom stereocenters. The van der Waals surface area contributed by atoms with Crippen molar-refractivity contribution in [3.63, 3.8) is 0 Å². The van der Waals surface area contributed by atoms with Crippen molar-refractivity contribution in [1.82, 2.24) is 9.89 Å². The fourth-order valence-electron chi connectivity index (χ4n) is 2.70. The zero-order valence-electron chi connectivity index (χ0n) is 10.1. The van der Waals surface area contributed by atoms with Crippen molar-refractivity contribution in [3.8, 4) is 0 Å². The molecule has 1 aliphatic rings. The van der Waals surface area contributed by atoms with Gasteiger partial charge in [-0.3, -0.25) is 4.79 Å². The van der Waals surface area contributed by atoms with Gasteiger partial charge < -0.3 is 5.84 Å². The van der Waals surface area contributed by atoms with Gasteiger partial charge in [-0.2, -0.15) is 9.89 Å². The zero-order valence-corrected chi connectivity index (χ0v) is 10.1. The van der Waals surface area contributed by atoms with Crippen molar-refractivity contribution in [2.24, 2.45) is 0 Å². The summed E-state index contributed by atoms with van der Waals surface area (Å²) < 4.78 is 0. The topological polar surface area (TPSA) is 60.9 Å². The molecule has 1 aliphatic carbocycles. The molecule has 0 saturated heterocycles. The van der Waals surface area contributed by atoms with Gasteiger partial charge in [-0.1, -0.05) is 12.1 Å². The van der Waals surface area contributed by atoms with Crippen molar-refractivity contribution >= 4 is 33.5 Å². The lowest BCUT2D eigenvalue weighted by molar-refractivity contribution is -0.114. The summed E-state index contributed by atoms with van der Waals surface area (Å²) in [6.07, 6.45) is 5.77. The average molecular weight is 249 g/mol. The Balaban J connectivity index is 2.12. The molecule has 0 saturated carbocycles. The number of carbonyl (C=O) groups is 1. The molecule has 19 heavy (non-hydrogen) atoms. The molecule has 0 radical (unpaired) electrons. The van der Waals surface area contributed by atoms with Crippen molar-refractivity contribution in [1.29, 1.82) is 0 Å². The fourth-order valence-corrected chi connectivity index (χ4v) is 2.70. The molecule has 0 unspecified atom stereocenters. The number of benzene rings is 2. The molecular weight excluding hydrogens is 238 g/mol. The molecule has 1 heterocycles. The number of rotatable bonds is 0. The number of hydrogen-bond donors (Lipinski definition) is 1. The van der Waals surface area contributed by atoms with E-state index in [9.17, 15) is 4.79 Å². The summed E-state index contributed by atoms with van der Waals surface area (Å²) in [4.78, 5) is 12.9. The molecule has 0 amide bonds. The van der Waals surface area contributed by atoms with E-state index in [0.29, 0.717) is 6.42 Å². The number of nitrogen functional groups attached to an aromatic ring is 1. The van der Waals surface area contributed by atoms with Gasteiger partial charge in [-0.15, -0.1) is 0 Å². The van der Waals surface area contributed by atoms with Gasteiger partial charge in [0.2, 0.25) is 0 Å². The number of carbonyl (C=O) groups excluding carboxylic acids is 1. The second-order valence-corrected chi connectivity index (χ2v) is 4.84. The van der Waals surface area contributed by atoms with Crippen LogP contribution >= 0.6 is 0 Å². The van der Waals surface area contributed by atoms with Gasteiger partial charge in [-0.25, -0.2) is 0 Å². The lowest BCUT2D eigenvalue weighted by Crippen LogP contribution is -2.08. The smallest absolute Gasteiger partial charge is 0.160 e. The van der Waals surface area contributed by atoms with E-state index in [2.05, 4.69) is 17.2 Å². The lowest BCUT2D eigenvalue weighted by Gasteiger charge is -2.11. The van der Waals surface area contributed by atoms with Crippen LogP contribution < -0.4 is 5.84 Å². The summed E-state index contributed by atoms with van der Waals surface area (Å²) in [7, 11) is 0. The van der Waals surface area contributed by atoms with Crippen LogP contribution in [0.3, 0.4) is 0 Å². The normalized spacial score (nSPS) is 14.2. The maximum Gasteiger partial charge on any atom is 0.160 e. The van der Waals surface area contributed by atoms with E-state index in [1.165, 1.54) is 4.79 Å². The Hall–Kier alpha value is -2.62. The molecule has 3 aromatic rings. The SMILES string of the molecule is Nn1ncc2c3cc4c(cc3ccc21)C=CC(=O)C4. The first-order valence-corrected chi connectivity index (χ1v) is 6.12. The molecule has 0 spiro atoms. The van der Waals surface area contributed by atoms with Gasteiger partial charge >= 0.3 is 0 Å². The van der Waals surface area contributed by atoms with Crippen LogP contribution in [0.2, 0.25) is 0 Å². The number of fused-ring (bicyclic) bond motifs is 4. The van der Waals surface area contributed by atoms with Gasteiger partial charge in [0.1, 0.15) is 0 Å². The third kappa shape index (κ3) is 1.40. The van der Waals surface area contributed by atoms with Crippen LogP contribution in [0.25, 0.3) is 27.8 Å². The van der Waals surface area contributed by atoms with Gasteiger partial charge in [0.15, 0.2) is 5.78 Å². The molecule has 0 fully saturated rings. The highest BCUT2D eigenvalue weighted by Gasteiger charge is 2.13. The standard InChI is InChI=1S/C15H11N3O/c16-18-15-4-2-10-5-9-1-3-12(19)6-11(9)7-13(10)14(15)8-17-18/h1-5,7-8H,6,16H2. The third-order valence-corrected chi connectivity index (χ3v) is 3.67. The van der Waals surface area contributed by atoms with E-state index in [-0.39, 0.29) is 5.78 Å². The second-order valence-electron chi connectivity index (χ2n) is 4.84. The van der Waals surface area contributed by atoms with Gasteiger partial charge in [0.25, 0.3) is 0 Å². The summed E-state index contributed by atoms with van der Waals surface area (Å²) in [6.45, 7) is 0. The van der Waals surface area contributed by atoms with Gasteiger partial charge in [0.05, 0.1) is 11.7 Å². The molecule has 2 aromatic carbocycles. The quantitative estimate of drug-likeness (QED) is 0.620. The van der Waals surface area contributed by atoms with E-state index < -0.39 is 0 Å². The maximum atomic E-state index is 11.5. The van der Waals surface area contributed by atoms with Crippen LogP contribution in [0.5, 0.6) is 0 Å². The molecule has 2 N–H and O–H groups in total. The van der Waals surface area contributed by atoms with Crippen LogP contribution in [-0.4, -0.2) is 15.7 Å². The van der Waals surface area contributed by atoms with E-state index in [4.69, 9.17) is 5.84 Å². The predicted molar refractivity (Wildman–Crippen MR) is 75.1 cm³/mol. The number of ketones is 1. The maximum absolute atomic E-state index is 11.5. The number of nitrogens with zero attached hydrogens (tertiary/aromatic N) is 2. The largest absolute Gasteiger partial charge is 0.323 e. The second kappa shape index (κ2) is 3.45. The van der Waals surface area contributed by atoms with Gasteiger partial charge in [-0.05, 0) is 46.2 Å². The number of aromatic nitrogens is 2. The van der Waals surface area contributed by atoms with Crippen molar-refractivity contribution < 1.29 is 4.79 Å². The lowest BCUT2D eigenvalue weighted by atomic mass is 9.92. The van der Waals surface area contributed by atoms with Crippen molar-refractivity contribution in [2.75, 3.05) is 5.84 Å². The molecule has 0 aliphatic heterocycles. The summed E-state index contributed by atoms with van der Waals surface area (Å²) >= 11 is 0. The first kappa shape index (κ1) is 10.3. The van der Waals surface area contributed by atoms with Crippen molar-refractivity contribution in [2.45, 2.75) is 6.42 Å². The Kier molecular flexibility index (Phi) is 1.87. The van der Waals surface area contributed by atoms with Crippen LogP contribution in [0.4, 0.5) is 0 Å². The minimum atomic E-state index is 0.147. The molecule has 4 heteroatoms. The Morgan fingerprint density at radius 3 is 2.95 bits per heavy atom. The van der Waals surface area contributed by atoms with Crippen LogP contribution in [0.15, 0.2) is 36.5 Å². The monoisotopic (exact) mass is 249 g/mol. The Morgan fingerprint density at radius 2 is 2.05 bits per heavy atom. The van der Waals surface area contributed by atoms with Crippen LogP contribution in [0.1, 0.15) is 11.1 Å². The third-order valence-electron chi connectivity index (χ3n) is 3.67. The predicted octanol–water partition coefficient (Wildman–Crippen LogP) is 2.04. The van der Waals surface area contributed by atoms with Crippen LogP contribution in [-0.2, 0) is 11.2 Å². The highest BCUT2D eigenvalue weighted by atomic mass is 16.1. The molecule has 4 rings (SSSR count). The number of nitrogens with two attached hydrogens (primary N) is 1. The first-order valence-electron chi connectivity index (χ1n) is 6.12. The molecular formula is C15H11N3O. The highest BCUT2D eigenvalue weighted by Crippen LogP contribution is 2.29. The van der Waals surface area contributed by atoms with E-state index in [0.717, 1.165) is 32.8 Å². The highest BCUT2D eigenvalue weighted by molar-refractivity contribution is 6.08. The number of allylic oxidation sites excluding steroid dienone is 1. The molecule has 4 nitrogen and oxygen atoms in total. The molecule has 92 valence electrons. The first-order chi connectivity index (χ1) is 9.22. The van der Waals surface area contributed by atoms with Gasteiger partial charge in [0, 0.05) is 11.8 Å². The van der Waals surface area contributed by atoms with E-state index >= 15 is 0 Å². The summed E-state index contributed by atoms with van der Waals surface area (Å²) in [6, 6.07) is 8.19. The zero-order chi connectivity index (χ0) is 13.0. The summed E-state index contributed by atoms with van der Waals surface area (Å²) in [5.41, 5.74) is 3.08. The Labute approximate surface area is 109 Å². The number of hydrogen-bond acceptors (Lipinski definition) is 3. The minimum Gasteiger partial charge on any atom is -0.323 e. The summed E-state index contributed by atoms with van der Waals surface area (Å²) in [5, 5.41) is 7.34. The molecule has 1 aromatic heterocycles. The average Bonchev–Trinajstić information content (AvgIpc) is 2.79. The fraction of sp³-hybridized carbons (Fsp3) is 0.0667. The Morgan fingerprint density at radius 1 is 1.16 bits per heavy atom.